The lowest BCUT2D eigenvalue weighted by atomic mass is 10.1. The van der Waals surface area contributed by atoms with Crippen molar-refractivity contribution < 1.29 is 9.53 Å². The number of aryl methyl sites for hydroxylation is 1. The van der Waals surface area contributed by atoms with Gasteiger partial charge >= 0.3 is 0 Å². The van der Waals surface area contributed by atoms with Gasteiger partial charge in [0.15, 0.2) is 0 Å². The number of anilines is 1. The number of hydrogen-bond acceptors (Lipinski definition) is 4. The highest BCUT2D eigenvalue weighted by Crippen LogP contribution is 2.17. The van der Waals surface area contributed by atoms with Gasteiger partial charge in [0.1, 0.15) is 5.82 Å². The van der Waals surface area contributed by atoms with E-state index in [1.165, 1.54) is 0 Å². The molecule has 3 N–H and O–H groups in total. The maximum Gasteiger partial charge on any atom is 0.220 e. The average molecular weight is 342 g/mol. The first kappa shape index (κ1) is 17.5. The molecule has 1 aliphatic heterocycles. The van der Waals surface area contributed by atoms with Crippen LogP contribution < -0.4 is 11.1 Å². The van der Waals surface area contributed by atoms with Gasteiger partial charge in [-0.05, 0) is 44.2 Å². The molecule has 2 heterocycles. The third-order valence-corrected chi connectivity index (χ3v) is 4.44. The third kappa shape index (κ3) is 5.06. The number of nitrogen functional groups attached to an aromatic ring is 1. The minimum absolute atomic E-state index is 0.102. The van der Waals surface area contributed by atoms with Gasteiger partial charge in [-0.15, -0.1) is 0 Å². The van der Waals surface area contributed by atoms with Crippen molar-refractivity contribution in [3.05, 3.63) is 42.1 Å². The Kier molecular flexibility index (Phi) is 6.06. The highest BCUT2D eigenvalue weighted by atomic mass is 16.5. The molecule has 1 aliphatic rings. The molecule has 0 bridgehead atoms. The first-order chi connectivity index (χ1) is 12.2. The lowest BCUT2D eigenvalue weighted by Gasteiger charge is -2.09. The average Bonchev–Trinajstić information content (AvgIpc) is 3.27. The number of hydrogen-bond donors (Lipinski definition) is 2. The third-order valence-electron chi connectivity index (χ3n) is 4.44. The predicted octanol–water partition coefficient (Wildman–Crippen LogP) is 2.46. The van der Waals surface area contributed by atoms with Crippen LogP contribution in [0.4, 0.5) is 5.82 Å². The Labute approximate surface area is 148 Å². The molecule has 0 spiro atoms. The monoisotopic (exact) mass is 342 g/mol. The second kappa shape index (κ2) is 8.67. The van der Waals surface area contributed by atoms with Gasteiger partial charge in [-0.1, -0.05) is 18.2 Å². The number of para-hydroxylation sites is 1. The van der Waals surface area contributed by atoms with Crippen LogP contribution in [0.3, 0.4) is 0 Å². The highest BCUT2D eigenvalue weighted by Gasteiger charge is 2.16. The summed E-state index contributed by atoms with van der Waals surface area (Å²) in [4.78, 5) is 11.8. The van der Waals surface area contributed by atoms with Crippen molar-refractivity contribution in [3.63, 3.8) is 0 Å². The fourth-order valence-corrected chi connectivity index (χ4v) is 3.09. The molecule has 0 aliphatic carbocycles. The second-order valence-electron chi connectivity index (χ2n) is 6.44. The van der Waals surface area contributed by atoms with E-state index < -0.39 is 0 Å². The summed E-state index contributed by atoms with van der Waals surface area (Å²) in [6, 6.07) is 11.7. The molecule has 1 fully saturated rings. The number of aromatic nitrogens is 2. The maximum atomic E-state index is 11.8. The van der Waals surface area contributed by atoms with E-state index in [1.54, 1.807) is 4.68 Å². The van der Waals surface area contributed by atoms with Crippen molar-refractivity contribution in [3.8, 4) is 5.69 Å². The van der Waals surface area contributed by atoms with Gasteiger partial charge in [0, 0.05) is 25.6 Å². The van der Waals surface area contributed by atoms with Crippen LogP contribution in [0.2, 0.25) is 0 Å². The van der Waals surface area contributed by atoms with Gasteiger partial charge in [0.25, 0.3) is 0 Å². The standard InChI is InChI=1S/C19H26N4O2/c20-18-14-15(22-23(18)16-7-2-1-3-8-16)6-4-12-21-19(24)11-10-17-9-5-13-25-17/h1-3,7-8,14,17H,4-6,9-13,20H2,(H,21,24)/t17-/m1/s1. The molecular weight excluding hydrogens is 316 g/mol. The quantitative estimate of drug-likeness (QED) is 0.722. The van der Waals surface area contributed by atoms with Crippen molar-refractivity contribution in [2.24, 2.45) is 0 Å². The summed E-state index contributed by atoms with van der Waals surface area (Å²) in [6.45, 7) is 1.49. The molecule has 1 aromatic heterocycles. The summed E-state index contributed by atoms with van der Waals surface area (Å²) >= 11 is 0. The minimum atomic E-state index is 0.102. The van der Waals surface area contributed by atoms with E-state index in [2.05, 4.69) is 10.4 Å². The molecular formula is C19H26N4O2. The molecule has 25 heavy (non-hydrogen) atoms. The summed E-state index contributed by atoms with van der Waals surface area (Å²) in [5, 5.41) is 7.52. The lowest BCUT2D eigenvalue weighted by molar-refractivity contribution is -0.121. The van der Waals surface area contributed by atoms with E-state index in [-0.39, 0.29) is 12.0 Å². The number of carbonyl (C=O) groups is 1. The lowest BCUT2D eigenvalue weighted by Crippen LogP contribution is -2.25. The fraction of sp³-hybridized carbons (Fsp3) is 0.474. The summed E-state index contributed by atoms with van der Waals surface area (Å²) < 4.78 is 7.28. The second-order valence-corrected chi connectivity index (χ2v) is 6.44. The predicted molar refractivity (Wildman–Crippen MR) is 97.5 cm³/mol. The Morgan fingerprint density at radius 1 is 1.36 bits per heavy atom. The van der Waals surface area contributed by atoms with E-state index in [0.717, 1.165) is 50.1 Å². The van der Waals surface area contributed by atoms with Gasteiger partial charge in [-0.25, -0.2) is 4.68 Å². The Morgan fingerprint density at radius 2 is 2.20 bits per heavy atom. The summed E-state index contributed by atoms with van der Waals surface area (Å²) in [6.07, 6.45) is 5.47. The maximum absolute atomic E-state index is 11.8. The minimum Gasteiger partial charge on any atom is -0.384 e. The van der Waals surface area contributed by atoms with Gasteiger partial charge in [0.2, 0.25) is 5.91 Å². The zero-order valence-electron chi connectivity index (χ0n) is 14.5. The number of carbonyl (C=O) groups excluding carboxylic acids is 1. The number of ether oxygens (including phenoxy) is 1. The smallest absolute Gasteiger partial charge is 0.220 e. The highest BCUT2D eigenvalue weighted by molar-refractivity contribution is 5.75. The van der Waals surface area contributed by atoms with Crippen molar-refractivity contribution >= 4 is 11.7 Å². The Hall–Kier alpha value is -2.34. The van der Waals surface area contributed by atoms with Gasteiger partial charge in [0.05, 0.1) is 17.5 Å². The molecule has 3 rings (SSSR count). The molecule has 1 amide bonds. The number of nitrogens with zero attached hydrogens (tertiary/aromatic N) is 2. The van der Waals surface area contributed by atoms with Crippen molar-refractivity contribution in [1.29, 1.82) is 0 Å². The van der Waals surface area contributed by atoms with Crippen LogP contribution in [0, 0.1) is 0 Å². The molecule has 0 unspecified atom stereocenters. The Morgan fingerprint density at radius 3 is 2.96 bits per heavy atom. The van der Waals surface area contributed by atoms with Crippen molar-refractivity contribution in [2.45, 2.75) is 44.6 Å². The van der Waals surface area contributed by atoms with E-state index in [0.29, 0.717) is 18.8 Å². The van der Waals surface area contributed by atoms with Crippen molar-refractivity contribution in [1.82, 2.24) is 15.1 Å². The van der Waals surface area contributed by atoms with Gasteiger partial charge in [-0.3, -0.25) is 4.79 Å². The molecule has 2 aromatic rings. The van der Waals surface area contributed by atoms with Crippen LogP contribution in [0.25, 0.3) is 5.69 Å². The zero-order chi connectivity index (χ0) is 17.5. The summed E-state index contributed by atoms with van der Waals surface area (Å²) in [7, 11) is 0. The Balaban J connectivity index is 1.38. The molecule has 6 nitrogen and oxygen atoms in total. The largest absolute Gasteiger partial charge is 0.384 e. The fourth-order valence-electron chi connectivity index (χ4n) is 3.09. The molecule has 1 atom stereocenters. The van der Waals surface area contributed by atoms with E-state index in [4.69, 9.17) is 10.5 Å². The first-order valence-electron chi connectivity index (χ1n) is 9.00. The number of nitrogens with two attached hydrogens (primary N) is 1. The normalized spacial score (nSPS) is 16.9. The molecule has 6 heteroatoms. The summed E-state index contributed by atoms with van der Waals surface area (Å²) in [5.41, 5.74) is 7.94. The SMILES string of the molecule is Nc1cc(CCCNC(=O)CC[C@H]2CCCO2)nn1-c1ccccc1. The van der Waals surface area contributed by atoms with Crippen LogP contribution in [0.15, 0.2) is 36.4 Å². The number of rotatable bonds is 8. The van der Waals surface area contributed by atoms with Crippen LogP contribution in [-0.2, 0) is 16.0 Å². The van der Waals surface area contributed by atoms with Gasteiger partial charge < -0.3 is 15.8 Å². The Bertz CT molecular complexity index is 678. The van der Waals surface area contributed by atoms with E-state index >= 15 is 0 Å². The van der Waals surface area contributed by atoms with Crippen LogP contribution in [0.5, 0.6) is 0 Å². The van der Waals surface area contributed by atoms with Crippen LogP contribution in [0.1, 0.15) is 37.8 Å². The summed E-state index contributed by atoms with van der Waals surface area (Å²) in [5.74, 6) is 0.728. The number of amides is 1. The van der Waals surface area contributed by atoms with Crippen LogP contribution in [-0.4, -0.2) is 34.9 Å². The van der Waals surface area contributed by atoms with E-state index in [1.807, 2.05) is 36.4 Å². The molecule has 1 aromatic carbocycles. The van der Waals surface area contributed by atoms with Gasteiger partial charge in [-0.2, -0.15) is 5.10 Å². The molecule has 0 radical (unpaired) electrons. The molecule has 0 saturated carbocycles. The topological polar surface area (TPSA) is 82.2 Å². The number of nitrogens with one attached hydrogen (secondary N) is 1. The first-order valence-corrected chi connectivity index (χ1v) is 9.00. The molecule has 1 saturated heterocycles. The molecule has 134 valence electrons. The zero-order valence-corrected chi connectivity index (χ0v) is 14.5. The van der Waals surface area contributed by atoms with Crippen molar-refractivity contribution in [2.75, 3.05) is 18.9 Å². The number of benzene rings is 1. The van der Waals surface area contributed by atoms with Crippen LogP contribution >= 0.6 is 0 Å². The van der Waals surface area contributed by atoms with E-state index in [9.17, 15) is 4.79 Å².